The number of amides is 2. The van der Waals surface area contributed by atoms with Crippen molar-refractivity contribution in [3.63, 3.8) is 0 Å². The van der Waals surface area contributed by atoms with Crippen LogP contribution in [0.15, 0.2) is 59.5 Å². The Balaban J connectivity index is 1.64. The van der Waals surface area contributed by atoms with E-state index >= 15 is 0 Å². The summed E-state index contributed by atoms with van der Waals surface area (Å²) in [5.41, 5.74) is 0.964. The summed E-state index contributed by atoms with van der Waals surface area (Å²) in [7, 11) is 0. The highest BCUT2D eigenvalue weighted by Gasteiger charge is 2.27. The Morgan fingerprint density at radius 3 is 2.42 bits per heavy atom. The van der Waals surface area contributed by atoms with Gasteiger partial charge in [-0.3, -0.25) is 9.59 Å². The number of hydrogen-bond acceptors (Lipinski definition) is 3. The Kier molecular flexibility index (Phi) is 9.29. The molecule has 0 radical (unpaired) electrons. The molecule has 6 heteroatoms. The molecule has 0 spiro atoms. The van der Waals surface area contributed by atoms with Crippen LogP contribution in [-0.4, -0.2) is 34.6 Å². The van der Waals surface area contributed by atoms with Crippen LogP contribution in [0.25, 0.3) is 0 Å². The summed E-state index contributed by atoms with van der Waals surface area (Å²) in [6.07, 6.45) is 5.98. The lowest BCUT2D eigenvalue weighted by molar-refractivity contribution is -0.140. The second-order valence-corrected chi connectivity index (χ2v) is 9.68. The molecule has 1 fully saturated rings. The van der Waals surface area contributed by atoms with Gasteiger partial charge in [0.25, 0.3) is 0 Å². The van der Waals surface area contributed by atoms with Crippen molar-refractivity contribution in [3.05, 3.63) is 65.2 Å². The minimum atomic E-state index is -0.521. The molecule has 1 N–H and O–H groups in total. The van der Waals surface area contributed by atoms with Gasteiger partial charge in [-0.15, -0.1) is 11.8 Å². The van der Waals surface area contributed by atoms with Gasteiger partial charge in [-0.2, -0.15) is 0 Å². The minimum absolute atomic E-state index is 0.00956. The van der Waals surface area contributed by atoms with Crippen molar-refractivity contribution in [2.75, 3.05) is 5.75 Å². The lowest BCUT2D eigenvalue weighted by Crippen LogP contribution is -2.50. The SMILES string of the molecule is C[C@@H](C(=O)NC1CCCCC1)N(Cc1ccc(Cl)cc1)C(=O)CCSc1ccccc1. The molecular formula is C25H31ClN2O2S. The minimum Gasteiger partial charge on any atom is -0.352 e. The number of thioether (sulfide) groups is 1. The van der Waals surface area contributed by atoms with Crippen molar-refractivity contribution in [2.45, 2.75) is 69.0 Å². The third-order valence-corrected chi connectivity index (χ3v) is 6.98. The van der Waals surface area contributed by atoms with Crippen molar-refractivity contribution >= 4 is 35.2 Å². The van der Waals surface area contributed by atoms with Crippen molar-refractivity contribution in [1.29, 1.82) is 0 Å². The van der Waals surface area contributed by atoms with E-state index in [9.17, 15) is 9.59 Å². The van der Waals surface area contributed by atoms with Crippen LogP contribution in [0.3, 0.4) is 0 Å². The zero-order chi connectivity index (χ0) is 22.1. The standard InChI is InChI=1S/C25H31ClN2O2S/c1-19(25(30)27-22-8-4-2-5-9-22)28(18-20-12-14-21(26)15-13-20)24(29)16-17-31-23-10-6-3-7-11-23/h3,6-7,10-15,19,22H,2,4-5,8-9,16-18H2,1H3,(H,27,30)/t19-/m0/s1. The average Bonchev–Trinajstić information content (AvgIpc) is 2.79. The summed E-state index contributed by atoms with van der Waals surface area (Å²) in [4.78, 5) is 29.0. The smallest absolute Gasteiger partial charge is 0.242 e. The van der Waals surface area contributed by atoms with E-state index in [1.165, 1.54) is 6.42 Å². The normalized spacial score (nSPS) is 15.3. The van der Waals surface area contributed by atoms with Crippen LogP contribution < -0.4 is 5.32 Å². The lowest BCUT2D eigenvalue weighted by atomic mass is 9.95. The molecule has 3 rings (SSSR count). The van der Waals surface area contributed by atoms with Crippen LogP contribution in [0.2, 0.25) is 5.02 Å². The first-order valence-corrected chi connectivity index (χ1v) is 12.4. The summed E-state index contributed by atoms with van der Waals surface area (Å²) in [6, 6.07) is 17.2. The molecule has 1 saturated carbocycles. The van der Waals surface area contributed by atoms with E-state index in [0.29, 0.717) is 23.7 Å². The quantitative estimate of drug-likeness (QED) is 0.491. The van der Waals surface area contributed by atoms with Crippen molar-refractivity contribution in [3.8, 4) is 0 Å². The van der Waals surface area contributed by atoms with E-state index in [1.807, 2.05) is 61.5 Å². The maximum absolute atomic E-state index is 13.1. The van der Waals surface area contributed by atoms with Crippen LogP contribution in [0, 0.1) is 0 Å². The molecule has 4 nitrogen and oxygen atoms in total. The van der Waals surface area contributed by atoms with Gasteiger partial charge in [-0.25, -0.2) is 0 Å². The molecule has 0 heterocycles. The molecule has 0 aromatic heterocycles. The highest BCUT2D eigenvalue weighted by atomic mass is 35.5. The molecular weight excluding hydrogens is 428 g/mol. The van der Waals surface area contributed by atoms with Crippen molar-refractivity contribution < 1.29 is 9.59 Å². The zero-order valence-electron chi connectivity index (χ0n) is 18.1. The third kappa shape index (κ3) is 7.58. The first-order valence-electron chi connectivity index (χ1n) is 11.0. The second kappa shape index (κ2) is 12.2. The highest BCUT2D eigenvalue weighted by Crippen LogP contribution is 2.21. The molecule has 1 aliphatic carbocycles. The van der Waals surface area contributed by atoms with Crippen molar-refractivity contribution in [1.82, 2.24) is 10.2 Å². The summed E-state index contributed by atoms with van der Waals surface area (Å²) < 4.78 is 0. The van der Waals surface area contributed by atoms with Gasteiger partial charge in [0.1, 0.15) is 6.04 Å². The zero-order valence-corrected chi connectivity index (χ0v) is 19.6. The van der Waals surface area contributed by atoms with Crippen molar-refractivity contribution in [2.24, 2.45) is 0 Å². The number of carbonyl (C=O) groups is 2. The average molecular weight is 459 g/mol. The van der Waals surface area contributed by atoms with E-state index in [0.717, 1.165) is 36.1 Å². The molecule has 0 saturated heterocycles. The number of carbonyl (C=O) groups excluding carboxylic acids is 2. The van der Waals surface area contributed by atoms with Crippen LogP contribution in [0.4, 0.5) is 0 Å². The Hall–Kier alpha value is -1.98. The van der Waals surface area contributed by atoms with Gasteiger partial charge in [0, 0.05) is 34.7 Å². The lowest BCUT2D eigenvalue weighted by Gasteiger charge is -2.31. The molecule has 2 aromatic carbocycles. The number of halogens is 1. The molecule has 166 valence electrons. The number of rotatable bonds is 9. The van der Waals surface area contributed by atoms with Crippen LogP contribution >= 0.6 is 23.4 Å². The topological polar surface area (TPSA) is 49.4 Å². The Labute approximate surface area is 194 Å². The van der Waals surface area contributed by atoms with Crippen LogP contribution in [0.5, 0.6) is 0 Å². The van der Waals surface area contributed by atoms with Gasteiger partial charge in [-0.1, -0.05) is 61.2 Å². The molecule has 2 amide bonds. The van der Waals surface area contributed by atoms with Gasteiger partial charge in [-0.05, 0) is 49.6 Å². The maximum Gasteiger partial charge on any atom is 0.242 e. The van der Waals surface area contributed by atoms with Gasteiger partial charge in [0.2, 0.25) is 11.8 Å². The molecule has 0 aliphatic heterocycles. The van der Waals surface area contributed by atoms with E-state index in [2.05, 4.69) is 5.32 Å². The fourth-order valence-corrected chi connectivity index (χ4v) is 4.84. The molecule has 31 heavy (non-hydrogen) atoms. The molecule has 2 aromatic rings. The number of nitrogens with one attached hydrogen (secondary N) is 1. The van der Waals surface area contributed by atoms with Gasteiger partial charge < -0.3 is 10.2 Å². The monoisotopic (exact) mass is 458 g/mol. The van der Waals surface area contributed by atoms with Gasteiger partial charge in [0.15, 0.2) is 0 Å². The number of nitrogens with zero attached hydrogens (tertiary/aromatic N) is 1. The maximum atomic E-state index is 13.1. The fourth-order valence-electron chi connectivity index (χ4n) is 3.85. The Bertz CT molecular complexity index is 838. The number of benzene rings is 2. The van der Waals surface area contributed by atoms with Crippen LogP contribution in [0.1, 0.15) is 51.0 Å². The summed E-state index contributed by atoms with van der Waals surface area (Å²) >= 11 is 7.67. The van der Waals surface area contributed by atoms with E-state index in [1.54, 1.807) is 16.7 Å². The largest absolute Gasteiger partial charge is 0.352 e. The van der Waals surface area contributed by atoms with Gasteiger partial charge in [0.05, 0.1) is 0 Å². The summed E-state index contributed by atoms with van der Waals surface area (Å²) in [5.74, 6) is 0.603. The van der Waals surface area contributed by atoms with E-state index in [-0.39, 0.29) is 17.9 Å². The second-order valence-electron chi connectivity index (χ2n) is 8.08. The van der Waals surface area contributed by atoms with E-state index < -0.39 is 6.04 Å². The Morgan fingerprint density at radius 1 is 1.06 bits per heavy atom. The van der Waals surface area contributed by atoms with Gasteiger partial charge >= 0.3 is 0 Å². The Morgan fingerprint density at radius 2 is 1.74 bits per heavy atom. The predicted molar refractivity (Wildman–Crippen MR) is 128 cm³/mol. The molecule has 0 unspecified atom stereocenters. The van der Waals surface area contributed by atoms with Crippen LogP contribution in [-0.2, 0) is 16.1 Å². The van der Waals surface area contributed by atoms with E-state index in [4.69, 9.17) is 11.6 Å². The highest BCUT2D eigenvalue weighted by molar-refractivity contribution is 7.99. The first kappa shape index (κ1) is 23.7. The third-order valence-electron chi connectivity index (χ3n) is 5.71. The molecule has 0 bridgehead atoms. The molecule has 1 atom stereocenters. The molecule has 1 aliphatic rings. The fraction of sp³-hybridized carbons (Fsp3) is 0.440. The summed E-state index contributed by atoms with van der Waals surface area (Å²) in [5, 5.41) is 3.83. The predicted octanol–water partition coefficient (Wildman–Crippen LogP) is 5.69. The summed E-state index contributed by atoms with van der Waals surface area (Å²) in [6.45, 7) is 2.22. The number of hydrogen-bond donors (Lipinski definition) is 1. The first-order chi connectivity index (χ1) is 15.0.